The van der Waals surface area contributed by atoms with E-state index in [9.17, 15) is 14.4 Å². The molecule has 0 N–H and O–H groups in total. The van der Waals surface area contributed by atoms with Gasteiger partial charge >= 0.3 is 11.9 Å². The summed E-state index contributed by atoms with van der Waals surface area (Å²) in [4.78, 5) is 35.6. The fourth-order valence-corrected chi connectivity index (χ4v) is 2.68. The molecular weight excluding hydrogens is 280 g/mol. The number of carbonyl (C=O) groups is 3. The quantitative estimate of drug-likeness (QED) is 0.573. The first-order valence-corrected chi connectivity index (χ1v) is 7.25. The summed E-state index contributed by atoms with van der Waals surface area (Å²) in [6, 6.07) is 0. The van der Waals surface area contributed by atoms with Crippen LogP contribution in [0.15, 0.2) is 0 Å². The number of carbonyl (C=O) groups excluding carboxylic acids is 3. The van der Waals surface area contributed by atoms with Gasteiger partial charge in [-0.15, -0.1) is 0 Å². The minimum Gasteiger partial charge on any atom is -0.468 e. The van der Waals surface area contributed by atoms with Crippen LogP contribution in [0.2, 0.25) is 0 Å². The molecule has 0 fully saturated rings. The Morgan fingerprint density at radius 3 is 1.65 bits per heavy atom. The van der Waals surface area contributed by atoms with Gasteiger partial charge in [0.1, 0.15) is 0 Å². The van der Waals surface area contributed by atoms with Gasteiger partial charge in [0.05, 0.1) is 14.2 Å². The van der Waals surface area contributed by atoms with Gasteiger partial charge in [0, 0.05) is 10.7 Å². The molecule has 0 spiro atoms. The predicted octanol–water partition coefficient (Wildman–Crippen LogP) is 2.28. The largest absolute Gasteiger partial charge is 0.468 e. The van der Waals surface area contributed by atoms with Crippen LogP contribution in [0.1, 0.15) is 34.6 Å². The molecule has 5 nitrogen and oxygen atoms in total. The fourth-order valence-electron chi connectivity index (χ4n) is 1.68. The topological polar surface area (TPSA) is 69.7 Å². The molecule has 116 valence electrons. The minimum absolute atomic E-state index is 0.0530. The van der Waals surface area contributed by atoms with Crippen molar-refractivity contribution in [3.05, 3.63) is 0 Å². The molecule has 0 radical (unpaired) electrons. The van der Waals surface area contributed by atoms with E-state index >= 15 is 0 Å². The first-order chi connectivity index (χ1) is 9.05. The van der Waals surface area contributed by atoms with Crippen molar-refractivity contribution in [3.8, 4) is 0 Å². The molecule has 0 aliphatic carbocycles. The van der Waals surface area contributed by atoms with Gasteiger partial charge in [-0.05, 0) is 5.92 Å². The van der Waals surface area contributed by atoms with Crippen LogP contribution in [0, 0.1) is 17.8 Å². The van der Waals surface area contributed by atoms with Crippen LogP contribution in [-0.2, 0) is 23.9 Å². The van der Waals surface area contributed by atoms with Crippen LogP contribution in [0.5, 0.6) is 0 Å². The summed E-state index contributed by atoms with van der Waals surface area (Å²) in [5.41, 5.74) is 0. The number of esters is 2. The van der Waals surface area contributed by atoms with Crippen molar-refractivity contribution >= 4 is 28.8 Å². The number of ether oxygens (including phenoxy) is 2. The molecule has 0 aromatic rings. The standard InChI is InChI=1S/C14H24O5S/c1-8(9(2)13(17)20-14(3,4)5)10(11(15)18-6)12(16)19-7/h8-10H,1-7H3/t8-,9-/m0/s1. The van der Waals surface area contributed by atoms with E-state index in [1.165, 1.54) is 26.0 Å². The lowest BCUT2D eigenvalue weighted by molar-refractivity contribution is -0.162. The summed E-state index contributed by atoms with van der Waals surface area (Å²) in [6.45, 7) is 9.20. The lowest BCUT2D eigenvalue weighted by Crippen LogP contribution is -2.37. The van der Waals surface area contributed by atoms with Gasteiger partial charge < -0.3 is 9.47 Å². The van der Waals surface area contributed by atoms with Crippen molar-refractivity contribution < 1.29 is 23.9 Å². The third-order valence-electron chi connectivity index (χ3n) is 3.00. The molecule has 0 saturated carbocycles. The lowest BCUT2D eigenvalue weighted by atomic mass is 9.84. The van der Waals surface area contributed by atoms with Crippen molar-refractivity contribution in [2.75, 3.05) is 14.2 Å². The van der Waals surface area contributed by atoms with Crippen LogP contribution in [0.3, 0.4) is 0 Å². The van der Waals surface area contributed by atoms with E-state index < -0.39 is 29.7 Å². The van der Waals surface area contributed by atoms with Crippen molar-refractivity contribution in [3.63, 3.8) is 0 Å². The highest BCUT2D eigenvalue weighted by molar-refractivity contribution is 8.14. The lowest BCUT2D eigenvalue weighted by Gasteiger charge is -2.26. The average molecular weight is 304 g/mol. The molecule has 0 aliphatic rings. The van der Waals surface area contributed by atoms with E-state index in [1.54, 1.807) is 13.8 Å². The third kappa shape index (κ3) is 5.53. The zero-order chi connectivity index (χ0) is 16.1. The fraction of sp³-hybridized carbons (Fsp3) is 0.786. The van der Waals surface area contributed by atoms with Gasteiger partial charge in [0.15, 0.2) is 11.0 Å². The highest BCUT2D eigenvalue weighted by Crippen LogP contribution is 2.32. The van der Waals surface area contributed by atoms with Gasteiger partial charge in [0.2, 0.25) is 0 Å². The Balaban J connectivity index is 5.06. The Bertz CT molecular complexity index is 356. The number of hydrogen-bond acceptors (Lipinski definition) is 6. The maximum atomic E-state index is 12.2. The van der Waals surface area contributed by atoms with Crippen LogP contribution in [-0.4, -0.2) is 36.0 Å². The van der Waals surface area contributed by atoms with Gasteiger partial charge in [-0.25, -0.2) is 0 Å². The third-order valence-corrected chi connectivity index (χ3v) is 4.19. The second-order valence-corrected chi connectivity index (χ2v) is 7.54. The maximum Gasteiger partial charge on any atom is 0.320 e. The Kier molecular flexibility index (Phi) is 7.27. The number of rotatable bonds is 5. The number of hydrogen-bond donors (Lipinski definition) is 0. The van der Waals surface area contributed by atoms with Crippen molar-refractivity contribution in [2.24, 2.45) is 17.8 Å². The molecule has 0 aromatic carbocycles. The summed E-state index contributed by atoms with van der Waals surface area (Å²) in [5.74, 6) is -3.38. The Labute approximate surface area is 124 Å². The molecule has 0 aromatic heterocycles. The molecule has 0 saturated heterocycles. The molecule has 6 heteroatoms. The van der Waals surface area contributed by atoms with Gasteiger partial charge in [0.25, 0.3) is 0 Å². The van der Waals surface area contributed by atoms with Gasteiger partial charge in [-0.2, -0.15) is 0 Å². The summed E-state index contributed by atoms with van der Waals surface area (Å²) < 4.78 is 9.05. The molecule has 0 aliphatic heterocycles. The van der Waals surface area contributed by atoms with Crippen LogP contribution in [0.25, 0.3) is 0 Å². The van der Waals surface area contributed by atoms with Crippen molar-refractivity contribution in [1.29, 1.82) is 0 Å². The second-order valence-electron chi connectivity index (χ2n) is 5.71. The molecule has 0 unspecified atom stereocenters. The first kappa shape index (κ1) is 19.0. The highest BCUT2D eigenvalue weighted by Gasteiger charge is 2.39. The zero-order valence-corrected chi connectivity index (χ0v) is 14.0. The predicted molar refractivity (Wildman–Crippen MR) is 78.2 cm³/mol. The minimum atomic E-state index is -1.08. The van der Waals surface area contributed by atoms with E-state index in [0.29, 0.717) is 0 Å². The zero-order valence-electron chi connectivity index (χ0n) is 13.2. The highest BCUT2D eigenvalue weighted by atomic mass is 32.2. The normalized spacial score (nSPS) is 14.6. The maximum absolute atomic E-state index is 12.2. The first-order valence-electron chi connectivity index (χ1n) is 6.43. The Morgan fingerprint density at radius 2 is 1.35 bits per heavy atom. The molecule has 2 atom stereocenters. The Hall–Kier alpha value is -1.04. The van der Waals surface area contributed by atoms with E-state index in [1.807, 2.05) is 20.8 Å². The number of methoxy groups -OCH3 is 2. The molecule has 0 rings (SSSR count). The van der Waals surface area contributed by atoms with Crippen LogP contribution >= 0.6 is 11.8 Å². The molecule has 20 heavy (non-hydrogen) atoms. The molecule has 0 bridgehead atoms. The van der Waals surface area contributed by atoms with Gasteiger partial charge in [-0.3, -0.25) is 14.4 Å². The summed E-state index contributed by atoms with van der Waals surface area (Å²) >= 11 is 1.21. The second kappa shape index (κ2) is 7.67. The molecular formula is C14H24O5S. The Morgan fingerprint density at radius 1 is 0.950 bits per heavy atom. The van der Waals surface area contributed by atoms with E-state index in [-0.39, 0.29) is 9.86 Å². The van der Waals surface area contributed by atoms with Crippen LogP contribution in [0.4, 0.5) is 0 Å². The smallest absolute Gasteiger partial charge is 0.320 e. The average Bonchev–Trinajstić information content (AvgIpc) is 2.35. The van der Waals surface area contributed by atoms with Crippen molar-refractivity contribution in [1.82, 2.24) is 0 Å². The van der Waals surface area contributed by atoms with E-state index in [4.69, 9.17) is 0 Å². The SMILES string of the molecule is COC(=O)C(C(=O)OC)[C@@H](C)[C@H](C)C(=O)SC(C)(C)C. The summed E-state index contributed by atoms with van der Waals surface area (Å²) in [7, 11) is 2.42. The van der Waals surface area contributed by atoms with Crippen LogP contribution < -0.4 is 0 Å². The summed E-state index contributed by atoms with van der Waals surface area (Å²) in [6.07, 6.45) is 0. The van der Waals surface area contributed by atoms with Crippen molar-refractivity contribution in [2.45, 2.75) is 39.4 Å². The van der Waals surface area contributed by atoms with Gasteiger partial charge in [-0.1, -0.05) is 46.4 Å². The molecule has 0 heterocycles. The van der Waals surface area contributed by atoms with E-state index in [0.717, 1.165) is 0 Å². The van der Waals surface area contributed by atoms with E-state index in [2.05, 4.69) is 9.47 Å². The summed E-state index contributed by atoms with van der Waals surface area (Å²) in [5, 5.41) is -0.0530. The number of thioether (sulfide) groups is 1. The monoisotopic (exact) mass is 304 g/mol. The molecule has 0 amide bonds.